The van der Waals surface area contributed by atoms with Crippen LogP contribution < -0.4 is 10.2 Å². The first-order valence-electron chi connectivity index (χ1n) is 19.6. The fourth-order valence-corrected chi connectivity index (χ4v) is 9.43. The molecule has 54 heavy (non-hydrogen) atoms. The van der Waals surface area contributed by atoms with Gasteiger partial charge in [0.1, 0.15) is 6.54 Å². The summed E-state index contributed by atoms with van der Waals surface area (Å²) in [4.78, 5) is 30.5. The smallest absolute Gasteiger partial charge is 0.322 e. The number of nitrogens with one attached hydrogen (secondary N) is 1. The lowest BCUT2D eigenvalue weighted by atomic mass is 9.70. The van der Waals surface area contributed by atoms with Crippen LogP contribution in [0, 0.1) is 5.41 Å². The van der Waals surface area contributed by atoms with Gasteiger partial charge in [-0.2, -0.15) is 4.58 Å². The molecule has 1 atom stereocenters. The average molecular weight is 721 g/mol. The Hall–Kier alpha value is -5.23. The Labute approximate surface area is 320 Å². The predicted molar refractivity (Wildman–Crippen MR) is 223 cm³/mol. The van der Waals surface area contributed by atoms with Gasteiger partial charge in [0, 0.05) is 47.6 Å². The summed E-state index contributed by atoms with van der Waals surface area (Å²) in [5, 5.41) is 7.98. The van der Waals surface area contributed by atoms with E-state index in [1.807, 2.05) is 6.92 Å². The molecule has 0 aromatic heterocycles. The standard InChI is InChI=1S/C48H53N3O3/c1-9-49-44(52)48(45(53)54-12-4)30-32(21-27-40-46(5,6)42-36-19-15-13-17-34(36)23-25-38(42)50(40)10-2)29-33(31-48)22-28-41-47(7,8)43-37-20-16-14-18-35(37)24-26-39(43)51(41)11-3/h13-29H,9-12,30-31H2,1-8H3/p+1. The third kappa shape index (κ3) is 5.91. The summed E-state index contributed by atoms with van der Waals surface area (Å²) in [7, 11) is 0. The first-order chi connectivity index (χ1) is 25.9. The minimum absolute atomic E-state index is 0.202. The Bertz CT molecular complexity index is 2320. The van der Waals surface area contributed by atoms with Crippen molar-refractivity contribution in [1.82, 2.24) is 5.32 Å². The Balaban J connectivity index is 1.35. The largest absolute Gasteiger partial charge is 0.465 e. The van der Waals surface area contributed by atoms with E-state index in [0.717, 1.165) is 24.2 Å². The number of likely N-dealkylation sites (N-methyl/N-ethyl adjacent to an activating group) is 1. The zero-order valence-electron chi connectivity index (χ0n) is 33.2. The highest BCUT2D eigenvalue weighted by Gasteiger charge is 2.50. The molecule has 278 valence electrons. The topological polar surface area (TPSA) is 61.7 Å². The van der Waals surface area contributed by atoms with Gasteiger partial charge in [0.25, 0.3) is 0 Å². The third-order valence-corrected chi connectivity index (χ3v) is 11.9. The lowest BCUT2D eigenvalue weighted by molar-refractivity contribution is -0.433. The van der Waals surface area contributed by atoms with Gasteiger partial charge in [0.05, 0.1) is 12.0 Å². The highest BCUT2D eigenvalue weighted by atomic mass is 16.5. The number of ether oxygens (including phenoxy) is 1. The summed E-state index contributed by atoms with van der Waals surface area (Å²) in [6, 6.07) is 26.1. The van der Waals surface area contributed by atoms with E-state index >= 15 is 0 Å². The zero-order chi connectivity index (χ0) is 38.4. The number of hydrogen-bond donors (Lipinski definition) is 1. The van der Waals surface area contributed by atoms with Crippen molar-refractivity contribution < 1.29 is 18.9 Å². The highest BCUT2D eigenvalue weighted by Crippen LogP contribution is 2.51. The Morgan fingerprint density at radius 2 is 1.46 bits per heavy atom. The zero-order valence-corrected chi connectivity index (χ0v) is 33.2. The number of hydrogen-bond acceptors (Lipinski definition) is 4. The molecule has 6 heteroatoms. The van der Waals surface area contributed by atoms with Crippen LogP contribution in [0.4, 0.5) is 11.4 Å². The summed E-state index contributed by atoms with van der Waals surface area (Å²) in [6.45, 7) is 19.5. The van der Waals surface area contributed by atoms with E-state index in [9.17, 15) is 9.59 Å². The van der Waals surface area contributed by atoms with Crippen molar-refractivity contribution in [2.75, 3.05) is 31.1 Å². The van der Waals surface area contributed by atoms with Crippen LogP contribution in [-0.2, 0) is 25.2 Å². The molecule has 2 aliphatic heterocycles. The minimum atomic E-state index is -1.39. The van der Waals surface area contributed by atoms with Crippen LogP contribution in [0.1, 0.15) is 79.4 Å². The number of allylic oxidation sites excluding steroid dienone is 8. The van der Waals surface area contributed by atoms with Crippen LogP contribution in [0.15, 0.2) is 120 Å². The molecule has 7 rings (SSSR count). The molecular weight excluding hydrogens is 667 g/mol. The van der Waals surface area contributed by atoms with E-state index in [1.54, 1.807) is 6.92 Å². The quantitative estimate of drug-likeness (QED) is 0.106. The Kier molecular flexibility index (Phi) is 9.76. The number of carbonyl (C=O) groups is 2. The van der Waals surface area contributed by atoms with Gasteiger partial charge in [0.15, 0.2) is 11.1 Å². The van der Waals surface area contributed by atoms with Gasteiger partial charge in [-0.3, -0.25) is 9.59 Å². The van der Waals surface area contributed by atoms with Crippen LogP contribution in [0.25, 0.3) is 21.5 Å². The first-order valence-corrected chi connectivity index (χ1v) is 19.6. The van der Waals surface area contributed by atoms with Gasteiger partial charge in [-0.25, -0.2) is 0 Å². The van der Waals surface area contributed by atoms with Crippen molar-refractivity contribution in [3.63, 3.8) is 0 Å². The van der Waals surface area contributed by atoms with Crippen LogP contribution in [0.2, 0.25) is 0 Å². The maximum Gasteiger partial charge on any atom is 0.322 e. The van der Waals surface area contributed by atoms with Gasteiger partial charge in [-0.1, -0.05) is 86.7 Å². The molecule has 4 aromatic carbocycles. The molecular formula is C48H54N3O3+. The first kappa shape index (κ1) is 37.1. The molecule has 1 amide bonds. The number of fused-ring (bicyclic) bond motifs is 6. The Morgan fingerprint density at radius 3 is 2.11 bits per heavy atom. The van der Waals surface area contributed by atoms with Crippen LogP contribution >= 0.6 is 0 Å². The number of amides is 1. The summed E-state index contributed by atoms with van der Waals surface area (Å²) in [6.07, 6.45) is 11.3. The van der Waals surface area contributed by atoms with Crippen LogP contribution in [-0.4, -0.2) is 48.4 Å². The fourth-order valence-electron chi connectivity index (χ4n) is 9.43. The van der Waals surface area contributed by atoms with E-state index in [1.165, 1.54) is 55.5 Å². The second-order valence-electron chi connectivity index (χ2n) is 15.8. The molecule has 4 aromatic rings. The number of nitrogens with zero attached hydrogens (tertiary/aromatic N) is 2. The molecule has 0 spiro atoms. The molecule has 1 unspecified atom stereocenters. The number of benzene rings is 4. The van der Waals surface area contributed by atoms with Gasteiger partial charge in [0.2, 0.25) is 11.6 Å². The lowest BCUT2D eigenvalue weighted by Crippen LogP contribution is -2.49. The van der Waals surface area contributed by atoms with Crippen molar-refractivity contribution >= 4 is 50.5 Å². The van der Waals surface area contributed by atoms with E-state index in [4.69, 9.17) is 4.74 Å². The summed E-state index contributed by atoms with van der Waals surface area (Å²) >= 11 is 0. The number of anilines is 1. The van der Waals surface area contributed by atoms with Gasteiger partial charge in [-0.15, -0.1) is 0 Å². The molecule has 6 nitrogen and oxygen atoms in total. The lowest BCUT2D eigenvalue weighted by Gasteiger charge is -2.34. The van der Waals surface area contributed by atoms with Gasteiger partial charge in [-0.05, 0) is 111 Å². The molecule has 1 aliphatic carbocycles. The van der Waals surface area contributed by atoms with E-state index in [0.29, 0.717) is 6.54 Å². The van der Waals surface area contributed by atoms with Crippen LogP contribution in [0.3, 0.4) is 0 Å². The maximum atomic E-state index is 14.1. The highest BCUT2D eigenvalue weighted by molar-refractivity contribution is 6.08. The monoisotopic (exact) mass is 720 g/mol. The predicted octanol–water partition coefficient (Wildman–Crippen LogP) is 9.98. The van der Waals surface area contributed by atoms with Crippen molar-refractivity contribution in [3.05, 3.63) is 131 Å². The fraction of sp³-hybridized carbons (Fsp3) is 0.354. The third-order valence-electron chi connectivity index (χ3n) is 11.9. The normalized spacial score (nSPS) is 21.6. The van der Waals surface area contributed by atoms with Gasteiger partial charge >= 0.3 is 5.97 Å². The maximum absolute atomic E-state index is 14.1. The molecule has 0 saturated carbocycles. The average Bonchev–Trinajstić information content (AvgIpc) is 3.54. The number of rotatable bonds is 9. The van der Waals surface area contributed by atoms with E-state index < -0.39 is 11.4 Å². The summed E-state index contributed by atoms with van der Waals surface area (Å²) in [5.74, 6) is -0.772. The molecule has 3 aliphatic rings. The number of carbonyl (C=O) groups excluding carboxylic acids is 2. The molecule has 0 radical (unpaired) electrons. The van der Waals surface area contributed by atoms with Crippen molar-refractivity contribution in [1.29, 1.82) is 0 Å². The van der Waals surface area contributed by atoms with Crippen molar-refractivity contribution in [2.24, 2.45) is 5.41 Å². The SMILES string of the molecule is CCNC(=O)C1(C(=O)OCC)CC(=CC=C2N(CC)c3ccc4ccccc4c3C2(C)C)C=C(C=CC2=[N+](CC)c3ccc4ccccc4c3C2(C)C)C1. The van der Waals surface area contributed by atoms with E-state index in [2.05, 4.69) is 160 Å². The van der Waals surface area contributed by atoms with Crippen molar-refractivity contribution in [2.45, 2.75) is 79.1 Å². The van der Waals surface area contributed by atoms with Crippen molar-refractivity contribution in [3.8, 4) is 0 Å². The van der Waals surface area contributed by atoms with Gasteiger partial charge < -0.3 is 15.0 Å². The second-order valence-corrected chi connectivity index (χ2v) is 15.8. The molecule has 0 fully saturated rings. The molecule has 0 saturated heterocycles. The van der Waals surface area contributed by atoms with E-state index in [-0.39, 0.29) is 36.2 Å². The number of esters is 1. The molecule has 2 heterocycles. The second kappa shape index (κ2) is 14.2. The summed E-state index contributed by atoms with van der Waals surface area (Å²) in [5.41, 5.74) is 7.37. The van der Waals surface area contributed by atoms with Crippen LogP contribution in [0.5, 0.6) is 0 Å². The Morgan fingerprint density at radius 1 is 0.796 bits per heavy atom. The molecule has 0 bridgehead atoms. The summed E-state index contributed by atoms with van der Waals surface area (Å²) < 4.78 is 8.09. The minimum Gasteiger partial charge on any atom is -0.465 e. The molecule has 1 N–H and O–H groups in total.